The van der Waals surface area contributed by atoms with Gasteiger partial charge >= 0.3 is 0 Å². The highest BCUT2D eigenvalue weighted by molar-refractivity contribution is 7.78. The highest BCUT2D eigenvalue weighted by Gasteiger charge is 2.25. The number of aldehydes is 1. The standard InChI is InChI=1S/C17H19NO3S2/c19-11-15-8-9-17(22-15)18-10-2-1-3-16(18)14-6-4-13(5-7-14)12-23(20)21/h4-9,11,16H,1-3,10,12H2,(H,20,21). The van der Waals surface area contributed by atoms with Gasteiger partial charge in [-0.3, -0.25) is 4.79 Å². The fraction of sp³-hybridized carbons (Fsp3) is 0.353. The van der Waals surface area contributed by atoms with Crippen molar-refractivity contribution in [1.82, 2.24) is 0 Å². The lowest BCUT2D eigenvalue weighted by Crippen LogP contribution is -2.32. The normalized spacial score (nSPS) is 19.5. The van der Waals surface area contributed by atoms with Crippen LogP contribution in [0.15, 0.2) is 36.4 Å². The summed E-state index contributed by atoms with van der Waals surface area (Å²) < 4.78 is 19.9. The van der Waals surface area contributed by atoms with E-state index in [0.717, 1.165) is 41.1 Å². The van der Waals surface area contributed by atoms with Gasteiger partial charge in [0.05, 0.1) is 21.7 Å². The Morgan fingerprint density at radius 1 is 1.22 bits per heavy atom. The van der Waals surface area contributed by atoms with E-state index < -0.39 is 11.1 Å². The monoisotopic (exact) mass is 349 g/mol. The maximum Gasteiger partial charge on any atom is 0.160 e. The van der Waals surface area contributed by atoms with E-state index in [-0.39, 0.29) is 5.75 Å². The highest BCUT2D eigenvalue weighted by Crippen LogP contribution is 2.38. The second-order valence-corrected chi connectivity index (χ2v) is 7.73. The lowest BCUT2D eigenvalue weighted by atomic mass is 9.95. The molecule has 1 fully saturated rings. The first kappa shape index (κ1) is 16.4. The highest BCUT2D eigenvalue weighted by atomic mass is 32.2. The number of rotatable bonds is 5. The first-order chi connectivity index (χ1) is 11.2. The summed E-state index contributed by atoms with van der Waals surface area (Å²) >= 11 is -0.271. The third-order valence-corrected chi connectivity index (χ3v) is 5.80. The lowest BCUT2D eigenvalue weighted by molar-refractivity contribution is 0.112. The molecule has 0 amide bonds. The Hall–Kier alpha value is -1.50. The summed E-state index contributed by atoms with van der Waals surface area (Å²) in [6, 6.07) is 12.2. The van der Waals surface area contributed by atoms with E-state index in [0.29, 0.717) is 6.04 Å². The average Bonchev–Trinajstić information content (AvgIpc) is 3.04. The molecule has 4 nitrogen and oxygen atoms in total. The van der Waals surface area contributed by atoms with Crippen LogP contribution < -0.4 is 4.90 Å². The smallest absolute Gasteiger partial charge is 0.160 e. The molecule has 2 atom stereocenters. The Morgan fingerprint density at radius 3 is 2.65 bits per heavy atom. The van der Waals surface area contributed by atoms with Gasteiger partial charge in [0.1, 0.15) is 0 Å². The van der Waals surface area contributed by atoms with Gasteiger partial charge in [0, 0.05) is 6.54 Å². The van der Waals surface area contributed by atoms with Crippen LogP contribution in [-0.4, -0.2) is 21.6 Å². The van der Waals surface area contributed by atoms with E-state index in [2.05, 4.69) is 17.0 Å². The molecular formula is C17H19NO3S2. The molecule has 1 aromatic carbocycles. The van der Waals surface area contributed by atoms with Crippen LogP contribution in [0.3, 0.4) is 0 Å². The van der Waals surface area contributed by atoms with Crippen LogP contribution in [-0.2, 0) is 16.8 Å². The molecule has 2 unspecified atom stereocenters. The zero-order valence-corrected chi connectivity index (χ0v) is 14.3. The van der Waals surface area contributed by atoms with Crippen LogP contribution in [0.5, 0.6) is 0 Å². The Morgan fingerprint density at radius 2 is 2.00 bits per heavy atom. The van der Waals surface area contributed by atoms with Crippen molar-refractivity contribution in [2.45, 2.75) is 31.1 Å². The van der Waals surface area contributed by atoms with Crippen molar-refractivity contribution in [3.05, 3.63) is 52.4 Å². The van der Waals surface area contributed by atoms with Gasteiger partial charge in [-0.25, -0.2) is 4.21 Å². The second-order valence-electron chi connectivity index (χ2n) is 5.71. The molecule has 2 heterocycles. The Balaban J connectivity index is 1.83. The van der Waals surface area contributed by atoms with Gasteiger partial charge in [0.15, 0.2) is 17.4 Å². The topological polar surface area (TPSA) is 57.6 Å². The van der Waals surface area contributed by atoms with E-state index in [1.54, 1.807) is 0 Å². The SMILES string of the molecule is O=Cc1ccc(N2CCCCC2c2ccc(CS(=O)O)cc2)s1. The van der Waals surface area contributed by atoms with Gasteiger partial charge in [0.25, 0.3) is 0 Å². The number of nitrogens with zero attached hydrogens (tertiary/aromatic N) is 1. The van der Waals surface area contributed by atoms with E-state index in [1.807, 2.05) is 24.3 Å². The lowest BCUT2D eigenvalue weighted by Gasteiger charge is -2.37. The summed E-state index contributed by atoms with van der Waals surface area (Å²) in [4.78, 5) is 14.1. The summed E-state index contributed by atoms with van der Waals surface area (Å²) in [6.45, 7) is 0.992. The fourth-order valence-corrected chi connectivity index (χ4v) is 4.46. The third kappa shape index (κ3) is 3.88. The first-order valence-electron chi connectivity index (χ1n) is 7.65. The zero-order chi connectivity index (χ0) is 16.2. The summed E-state index contributed by atoms with van der Waals surface area (Å²) in [5.41, 5.74) is 2.09. The minimum Gasteiger partial charge on any atom is -0.356 e. The molecule has 0 bridgehead atoms. The molecule has 0 aliphatic carbocycles. The number of benzene rings is 1. The van der Waals surface area contributed by atoms with Gasteiger partial charge < -0.3 is 9.45 Å². The van der Waals surface area contributed by atoms with Gasteiger partial charge in [-0.1, -0.05) is 24.3 Å². The summed E-state index contributed by atoms with van der Waals surface area (Å²) in [5, 5.41) is 1.14. The quantitative estimate of drug-likeness (QED) is 0.654. The number of thiophene rings is 1. The van der Waals surface area contributed by atoms with Crippen molar-refractivity contribution in [2.24, 2.45) is 0 Å². The van der Waals surface area contributed by atoms with E-state index >= 15 is 0 Å². The maximum atomic E-state index is 10.9. The molecule has 1 aliphatic rings. The first-order valence-corrected chi connectivity index (χ1v) is 9.74. The van der Waals surface area contributed by atoms with Crippen LogP contribution >= 0.6 is 11.3 Å². The second kappa shape index (κ2) is 7.38. The van der Waals surface area contributed by atoms with Crippen molar-refractivity contribution < 1.29 is 13.6 Å². The maximum absolute atomic E-state index is 10.9. The van der Waals surface area contributed by atoms with Gasteiger partial charge in [-0.2, -0.15) is 0 Å². The molecule has 2 aromatic rings. The molecule has 1 aliphatic heterocycles. The number of piperidine rings is 1. The summed E-state index contributed by atoms with van der Waals surface area (Å²) in [6.07, 6.45) is 4.33. The van der Waals surface area contributed by atoms with Gasteiger partial charge in [-0.05, 0) is 42.5 Å². The molecular weight excluding hydrogens is 330 g/mol. The van der Waals surface area contributed by atoms with E-state index in [1.165, 1.54) is 23.3 Å². The van der Waals surface area contributed by atoms with E-state index in [4.69, 9.17) is 4.55 Å². The Labute approximate surface area is 142 Å². The molecule has 3 rings (SSSR count). The minimum absolute atomic E-state index is 0.169. The number of hydrogen-bond acceptors (Lipinski definition) is 4. The Bertz CT molecular complexity index is 696. The molecule has 0 saturated carbocycles. The van der Waals surface area contributed by atoms with Crippen LogP contribution in [0.1, 0.15) is 46.1 Å². The van der Waals surface area contributed by atoms with Crippen molar-refractivity contribution >= 4 is 33.7 Å². The molecule has 1 N–H and O–H groups in total. The van der Waals surface area contributed by atoms with E-state index in [9.17, 15) is 9.00 Å². The average molecular weight is 349 g/mol. The predicted octanol–water partition coefficient (Wildman–Crippen LogP) is 4.01. The molecule has 23 heavy (non-hydrogen) atoms. The molecule has 1 saturated heterocycles. The molecule has 6 heteroatoms. The van der Waals surface area contributed by atoms with Crippen molar-refractivity contribution in [3.8, 4) is 0 Å². The van der Waals surface area contributed by atoms with Crippen molar-refractivity contribution in [1.29, 1.82) is 0 Å². The van der Waals surface area contributed by atoms with Gasteiger partial charge in [0.2, 0.25) is 0 Å². The third-order valence-electron chi connectivity index (χ3n) is 4.17. The van der Waals surface area contributed by atoms with Gasteiger partial charge in [-0.15, -0.1) is 11.3 Å². The van der Waals surface area contributed by atoms with Crippen LogP contribution in [0.25, 0.3) is 0 Å². The van der Waals surface area contributed by atoms with Crippen molar-refractivity contribution in [2.75, 3.05) is 11.4 Å². The molecule has 1 aromatic heterocycles. The summed E-state index contributed by atoms with van der Waals surface area (Å²) in [7, 11) is 0. The van der Waals surface area contributed by atoms with Crippen LogP contribution in [0.4, 0.5) is 5.00 Å². The minimum atomic E-state index is -1.80. The predicted molar refractivity (Wildman–Crippen MR) is 94.6 cm³/mol. The number of carbonyl (C=O) groups excluding carboxylic acids is 1. The fourth-order valence-electron chi connectivity index (χ4n) is 3.08. The summed E-state index contributed by atoms with van der Waals surface area (Å²) in [5.74, 6) is 0.169. The molecule has 0 spiro atoms. The van der Waals surface area contributed by atoms with Crippen LogP contribution in [0.2, 0.25) is 0 Å². The number of anilines is 1. The zero-order valence-electron chi connectivity index (χ0n) is 12.7. The molecule has 122 valence electrons. The Kier molecular flexibility index (Phi) is 5.25. The number of hydrogen-bond donors (Lipinski definition) is 1. The number of carbonyl (C=O) groups is 1. The van der Waals surface area contributed by atoms with Crippen molar-refractivity contribution in [3.63, 3.8) is 0 Å². The largest absolute Gasteiger partial charge is 0.356 e. The van der Waals surface area contributed by atoms with Crippen LogP contribution in [0, 0.1) is 0 Å². The molecule has 0 radical (unpaired) electrons.